The van der Waals surface area contributed by atoms with Gasteiger partial charge in [0.25, 0.3) is 0 Å². The molecule has 0 radical (unpaired) electrons. The highest BCUT2D eigenvalue weighted by Gasteiger charge is 2.39. The highest BCUT2D eigenvalue weighted by atomic mass is 19.4. The van der Waals surface area contributed by atoms with Crippen molar-refractivity contribution in [1.29, 1.82) is 0 Å². The molecule has 0 saturated heterocycles. The molecule has 4 nitrogen and oxygen atoms in total. The van der Waals surface area contributed by atoms with Crippen molar-refractivity contribution in [2.45, 2.75) is 51.1 Å². The van der Waals surface area contributed by atoms with Crippen molar-refractivity contribution in [3.8, 4) is 0 Å². The molecule has 0 bridgehead atoms. The van der Waals surface area contributed by atoms with Crippen molar-refractivity contribution < 1.29 is 27.8 Å². The minimum absolute atomic E-state index is 0.192. The Kier molecular flexibility index (Phi) is 4.75. The van der Waals surface area contributed by atoms with Gasteiger partial charge >= 0.3 is 12.1 Å². The van der Waals surface area contributed by atoms with Crippen LogP contribution in [0.15, 0.2) is 0 Å². The third-order valence-electron chi connectivity index (χ3n) is 2.10. The van der Waals surface area contributed by atoms with Crippen LogP contribution in [0.2, 0.25) is 0 Å². The highest BCUT2D eigenvalue weighted by molar-refractivity contribution is 5.77. The first-order valence-electron chi connectivity index (χ1n) is 4.71. The van der Waals surface area contributed by atoms with Crippen molar-refractivity contribution in [3.63, 3.8) is 0 Å². The number of halogens is 3. The predicted octanol–water partition coefficient (Wildman–Crippen LogP) is 1.53. The van der Waals surface area contributed by atoms with Crippen molar-refractivity contribution in [2.24, 2.45) is 5.73 Å². The first-order chi connectivity index (χ1) is 6.97. The molecule has 0 rings (SSSR count). The Morgan fingerprint density at radius 3 is 2.19 bits per heavy atom. The summed E-state index contributed by atoms with van der Waals surface area (Å²) in [6, 6.07) is 0. The molecular formula is C9H16F3NO3. The topological polar surface area (TPSA) is 72.6 Å². The van der Waals surface area contributed by atoms with Crippen molar-refractivity contribution in [3.05, 3.63) is 0 Å². The summed E-state index contributed by atoms with van der Waals surface area (Å²) in [5.41, 5.74) is 3.79. The van der Waals surface area contributed by atoms with Crippen LogP contribution in [0.3, 0.4) is 0 Å². The van der Waals surface area contributed by atoms with E-state index in [0.29, 0.717) is 0 Å². The second-order valence-corrected chi connectivity index (χ2v) is 4.06. The van der Waals surface area contributed by atoms with Crippen LogP contribution in [0.5, 0.6) is 0 Å². The van der Waals surface area contributed by atoms with Crippen molar-refractivity contribution >= 4 is 5.97 Å². The SMILES string of the molecule is CC(CC(C)(N)C(=O)O)OC(C)C(F)(F)F. The molecule has 0 saturated carbocycles. The summed E-state index contributed by atoms with van der Waals surface area (Å²) in [6.45, 7) is 3.45. The first-order valence-corrected chi connectivity index (χ1v) is 4.71. The summed E-state index contributed by atoms with van der Waals surface area (Å²) in [6.07, 6.45) is -7.47. The van der Waals surface area contributed by atoms with Crippen molar-refractivity contribution in [1.82, 2.24) is 0 Å². The lowest BCUT2D eigenvalue weighted by Gasteiger charge is -2.26. The number of nitrogens with two attached hydrogens (primary N) is 1. The second-order valence-electron chi connectivity index (χ2n) is 4.06. The average Bonchev–Trinajstić information content (AvgIpc) is 2.00. The van der Waals surface area contributed by atoms with Crippen LogP contribution < -0.4 is 5.73 Å². The third-order valence-corrected chi connectivity index (χ3v) is 2.10. The van der Waals surface area contributed by atoms with Crippen LogP contribution in [0.25, 0.3) is 0 Å². The number of rotatable bonds is 5. The zero-order chi connectivity index (χ0) is 13.1. The number of carboxylic acid groups (broad SMARTS) is 1. The molecule has 16 heavy (non-hydrogen) atoms. The lowest BCUT2D eigenvalue weighted by Crippen LogP contribution is -2.48. The number of hydrogen-bond donors (Lipinski definition) is 2. The minimum atomic E-state index is -4.46. The molecule has 0 aliphatic rings. The van der Waals surface area contributed by atoms with Crippen LogP contribution in [-0.2, 0) is 9.53 Å². The maximum Gasteiger partial charge on any atom is 0.414 e. The largest absolute Gasteiger partial charge is 0.480 e. The fraction of sp³-hybridized carbons (Fsp3) is 0.889. The Bertz CT molecular complexity index is 253. The van der Waals surface area contributed by atoms with E-state index in [4.69, 9.17) is 10.8 Å². The normalized spacial score (nSPS) is 19.9. The molecule has 0 amide bonds. The Balaban J connectivity index is 4.30. The van der Waals surface area contributed by atoms with Gasteiger partial charge in [0.1, 0.15) is 5.54 Å². The van der Waals surface area contributed by atoms with Crippen LogP contribution >= 0.6 is 0 Å². The third kappa shape index (κ3) is 4.80. The molecule has 0 aromatic rings. The lowest BCUT2D eigenvalue weighted by molar-refractivity contribution is -0.226. The molecule has 0 spiro atoms. The van der Waals surface area contributed by atoms with Gasteiger partial charge in [-0.3, -0.25) is 4.79 Å². The van der Waals surface area contributed by atoms with Gasteiger partial charge in [-0.1, -0.05) is 0 Å². The summed E-state index contributed by atoms with van der Waals surface area (Å²) < 4.78 is 41.0. The van der Waals surface area contributed by atoms with E-state index in [1.807, 2.05) is 0 Å². The van der Waals surface area contributed by atoms with E-state index in [1.54, 1.807) is 0 Å². The Morgan fingerprint density at radius 1 is 1.44 bits per heavy atom. The number of ether oxygens (including phenoxy) is 1. The van der Waals surface area contributed by atoms with Gasteiger partial charge in [-0.2, -0.15) is 13.2 Å². The average molecular weight is 243 g/mol. The van der Waals surface area contributed by atoms with E-state index in [9.17, 15) is 18.0 Å². The quantitative estimate of drug-likeness (QED) is 0.768. The molecule has 0 aromatic carbocycles. The Morgan fingerprint density at radius 2 is 1.88 bits per heavy atom. The monoisotopic (exact) mass is 243 g/mol. The predicted molar refractivity (Wildman–Crippen MR) is 50.9 cm³/mol. The molecule has 3 N–H and O–H groups in total. The van der Waals surface area contributed by atoms with E-state index in [-0.39, 0.29) is 6.42 Å². The molecule has 7 heteroatoms. The van der Waals surface area contributed by atoms with E-state index in [0.717, 1.165) is 6.92 Å². The molecule has 3 unspecified atom stereocenters. The van der Waals surface area contributed by atoms with Gasteiger partial charge in [0.15, 0.2) is 6.10 Å². The van der Waals surface area contributed by atoms with E-state index >= 15 is 0 Å². The molecule has 0 aliphatic carbocycles. The molecular weight excluding hydrogens is 227 g/mol. The minimum Gasteiger partial charge on any atom is -0.480 e. The molecule has 0 heterocycles. The fourth-order valence-corrected chi connectivity index (χ4v) is 1.16. The highest BCUT2D eigenvalue weighted by Crippen LogP contribution is 2.25. The molecule has 96 valence electrons. The van der Waals surface area contributed by atoms with Gasteiger partial charge in [-0.15, -0.1) is 0 Å². The van der Waals surface area contributed by atoms with Crippen LogP contribution in [0.1, 0.15) is 27.2 Å². The number of hydrogen-bond acceptors (Lipinski definition) is 3. The molecule has 0 fully saturated rings. The molecule has 0 aromatic heterocycles. The van der Waals surface area contributed by atoms with E-state index < -0.39 is 29.9 Å². The maximum absolute atomic E-state index is 12.1. The van der Waals surface area contributed by atoms with Gasteiger partial charge < -0.3 is 15.6 Å². The second kappa shape index (κ2) is 5.01. The maximum atomic E-state index is 12.1. The van der Waals surface area contributed by atoms with Crippen LogP contribution in [0, 0.1) is 0 Å². The smallest absolute Gasteiger partial charge is 0.414 e. The van der Waals surface area contributed by atoms with E-state index in [2.05, 4.69) is 4.74 Å². The number of carboxylic acids is 1. The molecule has 3 atom stereocenters. The van der Waals surface area contributed by atoms with Gasteiger partial charge in [0.2, 0.25) is 0 Å². The molecule has 0 aliphatic heterocycles. The zero-order valence-corrected chi connectivity index (χ0v) is 9.34. The first kappa shape index (κ1) is 15.2. The standard InChI is InChI=1S/C9H16F3NO3/c1-5(4-8(3,13)7(14)15)16-6(2)9(10,11)12/h5-6H,4,13H2,1-3H3,(H,14,15). The van der Waals surface area contributed by atoms with Gasteiger partial charge in [-0.05, 0) is 20.8 Å². The number of alkyl halides is 3. The van der Waals surface area contributed by atoms with Gasteiger partial charge in [0.05, 0.1) is 6.10 Å². The van der Waals surface area contributed by atoms with Gasteiger partial charge in [0, 0.05) is 6.42 Å². The van der Waals surface area contributed by atoms with Gasteiger partial charge in [-0.25, -0.2) is 0 Å². The van der Waals surface area contributed by atoms with Crippen LogP contribution in [-0.4, -0.2) is 35.0 Å². The summed E-state index contributed by atoms with van der Waals surface area (Å²) >= 11 is 0. The zero-order valence-electron chi connectivity index (χ0n) is 9.34. The van der Waals surface area contributed by atoms with Crippen molar-refractivity contribution in [2.75, 3.05) is 0 Å². The Labute approximate surface area is 91.6 Å². The Hall–Kier alpha value is -0.820. The van der Waals surface area contributed by atoms with Crippen LogP contribution in [0.4, 0.5) is 13.2 Å². The lowest BCUT2D eigenvalue weighted by atomic mass is 9.96. The summed E-state index contributed by atoms with van der Waals surface area (Å²) in [5.74, 6) is -1.28. The fourth-order valence-electron chi connectivity index (χ4n) is 1.16. The summed E-state index contributed by atoms with van der Waals surface area (Å²) in [7, 11) is 0. The van der Waals surface area contributed by atoms with E-state index in [1.165, 1.54) is 13.8 Å². The summed E-state index contributed by atoms with van der Waals surface area (Å²) in [4.78, 5) is 10.6. The number of aliphatic carboxylic acids is 1. The number of carbonyl (C=O) groups is 1. The summed E-state index contributed by atoms with van der Waals surface area (Å²) in [5, 5.41) is 8.68.